The van der Waals surface area contributed by atoms with Crippen molar-refractivity contribution in [3.63, 3.8) is 0 Å². The van der Waals surface area contributed by atoms with E-state index in [4.69, 9.17) is 22.9 Å². The Hall–Kier alpha value is -2.63. The van der Waals surface area contributed by atoms with Crippen molar-refractivity contribution < 1.29 is 19.2 Å². The third-order valence-electron chi connectivity index (χ3n) is 2.06. The van der Waals surface area contributed by atoms with Crippen LogP contribution >= 0.6 is 11.8 Å². The summed E-state index contributed by atoms with van der Waals surface area (Å²) >= 11 is 0.526. The smallest absolute Gasteiger partial charge is 0.252 e. The molecule has 0 aliphatic heterocycles. The van der Waals surface area contributed by atoms with Crippen molar-refractivity contribution in [1.29, 1.82) is 0 Å². The second kappa shape index (κ2) is 6.01. The van der Waals surface area contributed by atoms with Gasteiger partial charge in [-0.25, -0.2) is 9.67 Å². The van der Waals surface area contributed by atoms with Crippen molar-refractivity contribution in [2.45, 2.75) is 16.4 Å². The first-order valence-corrected chi connectivity index (χ1v) is 5.87. The molecule has 4 amide bonds. The Labute approximate surface area is 116 Å². The Kier molecular flexibility index (Phi) is 4.63. The predicted octanol–water partition coefficient (Wildman–Crippen LogP) is -3.78. The number of primary amides is 4. The maximum atomic E-state index is 11.2. The summed E-state index contributed by atoms with van der Waals surface area (Å²) in [6, 6.07) is -1.61. The molecule has 108 valence electrons. The molecule has 8 N–H and O–H groups in total. The van der Waals surface area contributed by atoms with Gasteiger partial charge in [0.05, 0.1) is 0 Å². The van der Waals surface area contributed by atoms with Crippen molar-refractivity contribution in [2.75, 3.05) is 0 Å². The first-order chi connectivity index (χ1) is 9.25. The number of carbonyl (C=O) groups is 4. The summed E-state index contributed by atoms with van der Waals surface area (Å²) in [7, 11) is 0. The lowest BCUT2D eigenvalue weighted by atomic mass is 10.3. The van der Waals surface area contributed by atoms with Crippen molar-refractivity contribution >= 4 is 35.4 Å². The molecule has 0 radical (unpaired) electrons. The number of hydrogen-bond acceptors (Lipinski definition) is 7. The molecule has 0 bridgehead atoms. The predicted molar refractivity (Wildman–Crippen MR) is 65.5 cm³/mol. The Morgan fingerprint density at radius 1 is 1.00 bits per heavy atom. The molecule has 11 nitrogen and oxygen atoms in total. The molecule has 0 aliphatic carbocycles. The van der Waals surface area contributed by atoms with Crippen LogP contribution in [0.3, 0.4) is 0 Å². The van der Waals surface area contributed by atoms with Gasteiger partial charge in [0.15, 0.2) is 10.4 Å². The van der Waals surface area contributed by atoms with Crippen LogP contribution in [0.25, 0.3) is 0 Å². The molecule has 0 unspecified atom stereocenters. The molecule has 0 aromatic carbocycles. The van der Waals surface area contributed by atoms with Crippen molar-refractivity contribution in [2.24, 2.45) is 22.9 Å². The highest BCUT2D eigenvalue weighted by molar-refractivity contribution is 8.01. The number of nitrogens with zero attached hydrogens (tertiary/aromatic N) is 3. The highest BCUT2D eigenvalue weighted by atomic mass is 32.2. The van der Waals surface area contributed by atoms with E-state index in [1.54, 1.807) is 0 Å². The molecule has 1 heterocycles. The molecule has 1 rings (SSSR count). The zero-order valence-electron chi connectivity index (χ0n) is 9.92. The standard InChI is InChI=1S/C8H11N7O4S/c9-4(16)2(5(10)17)15-8(13-1-14-15)20-3(6(11)18)7(12)19/h1-3H,(H2,9,16)(H2,10,17)(H2,11,18)(H2,12,19). The Bertz CT molecular complexity index is 543. The van der Waals surface area contributed by atoms with Gasteiger partial charge in [0.1, 0.15) is 6.33 Å². The Morgan fingerprint density at radius 2 is 1.50 bits per heavy atom. The van der Waals surface area contributed by atoms with E-state index in [1.807, 2.05) is 0 Å². The monoisotopic (exact) mass is 301 g/mol. The van der Waals surface area contributed by atoms with Gasteiger partial charge in [-0.15, -0.1) is 0 Å². The summed E-state index contributed by atoms with van der Waals surface area (Å²) < 4.78 is 0.786. The molecule has 1 aromatic rings. The molecule has 20 heavy (non-hydrogen) atoms. The van der Waals surface area contributed by atoms with E-state index in [0.717, 1.165) is 11.0 Å². The summed E-state index contributed by atoms with van der Waals surface area (Å²) in [4.78, 5) is 48.2. The SMILES string of the molecule is NC(=O)C(Sc1ncnn1C(C(N)=O)C(N)=O)C(N)=O. The third-order valence-corrected chi connectivity index (χ3v) is 3.27. The van der Waals surface area contributed by atoms with Gasteiger partial charge in [0, 0.05) is 0 Å². The number of amides is 4. The van der Waals surface area contributed by atoms with Gasteiger partial charge in [-0.05, 0) is 0 Å². The topological polar surface area (TPSA) is 203 Å². The van der Waals surface area contributed by atoms with Gasteiger partial charge >= 0.3 is 0 Å². The lowest BCUT2D eigenvalue weighted by Crippen LogP contribution is -2.40. The third kappa shape index (κ3) is 3.23. The van der Waals surface area contributed by atoms with Crippen LogP contribution in [0.15, 0.2) is 11.5 Å². The molecule has 12 heteroatoms. The number of carbonyl (C=O) groups excluding carboxylic acids is 4. The van der Waals surface area contributed by atoms with Crippen LogP contribution in [0.5, 0.6) is 0 Å². The fourth-order valence-corrected chi connectivity index (χ4v) is 2.06. The minimum atomic E-state index is -1.61. The quantitative estimate of drug-likeness (QED) is 0.292. The average Bonchev–Trinajstić information content (AvgIpc) is 2.72. The fourth-order valence-electron chi connectivity index (χ4n) is 1.24. The highest BCUT2D eigenvalue weighted by Gasteiger charge is 2.31. The van der Waals surface area contributed by atoms with Crippen LogP contribution in [0, 0.1) is 0 Å². The van der Waals surface area contributed by atoms with Crippen LogP contribution in [0.4, 0.5) is 0 Å². The van der Waals surface area contributed by atoms with E-state index in [9.17, 15) is 19.2 Å². The minimum absolute atomic E-state index is 0.129. The van der Waals surface area contributed by atoms with Crippen LogP contribution < -0.4 is 22.9 Å². The lowest BCUT2D eigenvalue weighted by molar-refractivity contribution is -0.131. The number of nitrogens with two attached hydrogens (primary N) is 4. The molecule has 0 spiro atoms. The zero-order chi connectivity index (χ0) is 15.4. The van der Waals surface area contributed by atoms with Gasteiger partial charge in [0.2, 0.25) is 17.9 Å². The molecular weight excluding hydrogens is 290 g/mol. The van der Waals surface area contributed by atoms with Crippen LogP contribution in [-0.4, -0.2) is 43.6 Å². The van der Waals surface area contributed by atoms with Crippen LogP contribution in [-0.2, 0) is 19.2 Å². The Balaban J connectivity index is 3.13. The van der Waals surface area contributed by atoms with E-state index in [0.29, 0.717) is 11.8 Å². The summed E-state index contributed by atoms with van der Waals surface area (Å²) in [5.74, 6) is -4.16. The molecule has 1 aromatic heterocycles. The highest BCUT2D eigenvalue weighted by Crippen LogP contribution is 2.23. The molecule has 0 saturated heterocycles. The largest absolute Gasteiger partial charge is 0.368 e. The number of rotatable bonds is 7. The number of hydrogen-bond donors (Lipinski definition) is 4. The molecule has 0 saturated carbocycles. The number of thioether (sulfide) groups is 1. The van der Waals surface area contributed by atoms with E-state index in [2.05, 4.69) is 10.1 Å². The van der Waals surface area contributed by atoms with Crippen LogP contribution in [0.1, 0.15) is 6.04 Å². The van der Waals surface area contributed by atoms with E-state index in [-0.39, 0.29) is 5.16 Å². The first-order valence-electron chi connectivity index (χ1n) is 4.99. The van der Waals surface area contributed by atoms with Gasteiger partial charge in [-0.1, -0.05) is 11.8 Å². The molecule has 0 fully saturated rings. The lowest BCUT2D eigenvalue weighted by Gasteiger charge is -2.13. The van der Waals surface area contributed by atoms with Gasteiger partial charge in [-0.2, -0.15) is 5.10 Å². The van der Waals surface area contributed by atoms with E-state index < -0.39 is 34.9 Å². The maximum Gasteiger partial charge on any atom is 0.252 e. The molecule has 0 aliphatic rings. The fraction of sp³-hybridized carbons (Fsp3) is 0.250. The number of aromatic nitrogens is 3. The van der Waals surface area contributed by atoms with Gasteiger partial charge < -0.3 is 22.9 Å². The summed E-state index contributed by atoms with van der Waals surface area (Å²) in [6.07, 6.45) is 0.986. The van der Waals surface area contributed by atoms with Gasteiger partial charge in [-0.3, -0.25) is 19.2 Å². The Morgan fingerprint density at radius 3 is 1.90 bits per heavy atom. The molecule has 0 atom stereocenters. The van der Waals surface area contributed by atoms with Crippen molar-refractivity contribution in [3.05, 3.63) is 6.33 Å². The first kappa shape index (κ1) is 15.4. The van der Waals surface area contributed by atoms with Crippen molar-refractivity contribution in [1.82, 2.24) is 14.8 Å². The maximum absolute atomic E-state index is 11.2. The summed E-state index contributed by atoms with van der Waals surface area (Å²) in [5.41, 5.74) is 20.1. The molecular formula is C8H11N7O4S. The van der Waals surface area contributed by atoms with Gasteiger partial charge in [0.25, 0.3) is 11.8 Å². The second-order valence-electron chi connectivity index (χ2n) is 3.50. The normalized spacial score (nSPS) is 10.7. The second-order valence-corrected chi connectivity index (χ2v) is 4.57. The van der Waals surface area contributed by atoms with Crippen LogP contribution in [0.2, 0.25) is 0 Å². The van der Waals surface area contributed by atoms with E-state index >= 15 is 0 Å². The van der Waals surface area contributed by atoms with Crippen molar-refractivity contribution in [3.8, 4) is 0 Å². The minimum Gasteiger partial charge on any atom is -0.368 e. The zero-order valence-corrected chi connectivity index (χ0v) is 10.7. The summed E-state index contributed by atoms with van der Waals surface area (Å²) in [6.45, 7) is 0. The van der Waals surface area contributed by atoms with E-state index in [1.165, 1.54) is 0 Å². The summed E-state index contributed by atoms with van der Waals surface area (Å²) in [5, 5.41) is 2.04. The average molecular weight is 301 g/mol.